The molecular weight excluding hydrogens is 426 g/mol. The molecule has 5 nitrogen and oxygen atoms in total. The number of carbonyl (C=O) groups excluding carboxylic acids is 1. The summed E-state index contributed by atoms with van der Waals surface area (Å²) in [5, 5.41) is 8.97. The summed E-state index contributed by atoms with van der Waals surface area (Å²) in [4.78, 5) is 14.3. The van der Waals surface area contributed by atoms with Gasteiger partial charge in [-0.25, -0.2) is 0 Å². The third kappa shape index (κ3) is 4.59. The topological polar surface area (TPSA) is 54.3 Å². The van der Waals surface area contributed by atoms with Crippen LogP contribution < -0.4 is 4.74 Å². The molecule has 1 amide bonds. The predicted octanol–water partition coefficient (Wildman–Crippen LogP) is 4.62. The summed E-state index contributed by atoms with van der Waals surface area (Å²) in [6.45, 7) is 4.43. The van der Waals surface area contributed by atoms with E-state index in [1.54, 1.807) is 18.2 Å². The molecule has 1 heterocycles. The lowest BCUT2D eigenvalue weighted by molar-refractivity contribution is -0.126. The van der Waals surface area contributed by atoms with Gasteiger partial charge >= 0.3 is 0 Å². The molecule has 1 aliphatic heterocycles. The van der Waals surface area contributed by atoms with Crippen molar-refractivity contribution in [3.63, 3.8) is 0 Å². The van der Waals surface area contributed by atoms with Crippen LogP contribution in [0.25, 0.3) is 0 Å². The first-order chi connectivity index (χ1) is 13.0. The average molecular weight is 446 g/mol. The number of carbonyl (C=O) groups is 1. The van der Waals surface area contributed by atoms with E-state index in [4.69, 9.17) is 4.74 Å². The number of hydrogen-bond acceptors (Lipinski definition) is 5. The number of halogens is 1. The molecule has 0 radical (unpaired) electrons. The summed E-state index contributed by atoms with van der Waals surface area (Å²) in [5.74, 6) is 0.764. The number of nitrogens with zero attached hydrogens (tertiary/aromatic N) is 3. The summed E-state index contributed by atoms with van der Waals surface area (Å²) >= 11 is 4.87. The SMILES string of the molecule is COc1ccc(Br)cc1/C=N\N=C1/S[C@H](C)C(=O)N1Cc1ccccc1C. The minimum atomic E-state index is -0.164. The van der Waals surface area contributed by atoms with Crippen LogP contribution in [0.3, 0.4) is 0 Å². The summed E-state index contributed by atoms with van der Waals surface area (Å²) < 4.78 is 6.27. The number of methoxy groups -OCH3 is 1. The molecule has 0 bridgehead atoms. The Balaban J connectivity index is 1.84. The summed E-state index contributed by atoms with van der Waals surface area (Å²) in [5.41, 5.74) is 3.06. The van der Waals surface area contributed by atoms with Crippen LogP contribution in [0.2, 0.25) is 0 Å². The van der Waals surface area contributed by atoms with E-state index in [0.29, 0.717) is 17.5 Å². The Bertz CT molecular complexity index is 914. The van der Waals surface area contributed by atoms with Crippen LogP contribution in [0.15, 0.2) is 57.1 Å². The highest BCUT2D eigenvalue weighted by Crippen LogP contribution is 2.29. The maximum Gasteiger partial charge on any atom is 0.242 e. The molecule has 27 heavy (non-hydrogen) atoms. The van der Waals surface area contributed by atoms with E-state index in [-0.39, 0.29) is 11.2 Å². The molecule has 140 valence electrons. The van der Waals surface area contributed by atoms with Crippen molar-refractivity contribution in [3.05, 3.63) is 63.6 Å². The van der Waals surface area contributed by atoms with Crippen LogP contribution in [-0.4, -0.2) is 34.5 Å². The normalized spacial score (nSPS) is 18.7. The van der Waals surface area contributed by atoms with Crippen molar-refractivity contribution in [1.82, 2.24) is 4.90 Å². The lowest BCUT2D eigenvalue weighted by atomic mass is 10.1. The highest BCUT2D eigenvalue weighted by Gasteiger charge is 2.35. The third-order valence-corrected chi connectivity index (χ3v) is 5.81. The van der Waals surface area contributed by atoms with Gasteiger partial charge in [-0.15, -0.1) is 5.10 Å². The highest BCUT2D eigenvalue weighted by atomic mass is 79.9. The number of amidine groups is 1. The molecule has 7 heteroatoms. The van der Waals surface area contributed by atoms with Crippen LogP contribution >= 0.6 is 27.7 Å². The molecule has 0 N–H and O–H groups in total. The number of rotatable bonds is 5. The van der Waals surface area contributed by atoms with Gasteiger partial charge in [0.25, 0.3) is 0 Å². The van der Waals surface area contributed by atoms with Gasteiger partial charge in [0.15, 0.2) is 5.17 Å². The van der Waals surface area contributed by atoms with Crippen molar-refractivity contribution in [2.75, 3.05) is 7.11 Å². The van der Waals surface area contributed by atoms with Crippen molar-refractivity contribution < 1.29 is 9.53 Å². The molecule has 2 aromatic rings. The van der Waals surface area contributed by atoms with Crippen LogP contribution in [0.4, 0.5) is 0 Å². The number of ether oxygens (including phenoxy) is 1. The average Bonchev–Trinajstić information content (AvgIpc) is 2.91. The van der Waals surface area contributed by atoms with E-state index >= 15 is 0 Å². The smallest absolute Gasteiger partial charge is 0.242 e. The molecular formula is C20H20BrN3O2S. The fraction of sp³-hybridized carbons (Fsp3) is 0.250. The Hall–Kier alpha value is -2.12. The summed E-state index contributed by atoms with van der Waals surface area (Å²) in [7, 11) is 1.61. The van der Waals surface area contributed by atoms with Gasteiger partial charge in [-0.3, -0.25) is 9.69 Å². The summed E-state index contributed by atoms with van der Waals surface area (Å²) in [6, 6.07) is 13.7. The van der Waals surface area contributed by atoms with E-state index < -0.39 is 0 Å². The van der Waals surface area contributed by atoms with Crippen molar-refractivity contribution in [2.45, 2.75) is 25.6 Å². The summed E-state index contributed by atoms with van der Waals surface area (Å²) in [6.07, 6.45) is 1.64. The van der Waals surface area contributed by atoms with Gasteiger partial charge in [0.05, 0.1) is 25.1 Å². The van der Waals surface area contributed by atoms with Crippen LogP contribution in [-0.2, 0) is 11.3 Å². The minimum Gasteiger partial charge on any atom is -0.496 e. The molecule has 1 fully saturated rings. The standard InChI is InChI=1S/C20H20BrN3O2S/c1-13-6-4-5-7-15(13)12-24-19(25)14(2)27-20(24)23-22-11-16-10-17(21)8-9-18(16)26-3/h4-11,14H,12H2,1-3H3/b22-11-,23-20-/t14-/m1/s1. The Kier molecular flexibility index (Phi) is 6.34. The molecule has 0 aromatic heterocycles. The number of benzene rings is 2. The molecule has 0 unspecified atom stereocenters. The molecule has 0 saturated carbocycles. The second-order valence-electron chi connectivity index (χ2n) is 6.12. The zero-order valence-corrected chi connectivity index (χ0v) is 17.8. The van der Waals surface area contributed by atoms with Crippen LogP contribution in [0.5, 0.6) is 5.75 Å². The Morgan fingerprint density at radius 3 is 2.81 bits per heavy atom. The first kappa shape index (κ1) is 19.6. The first-order valence-corrected chi connectivity index (χ1v) is 10.1. The van der Waals surface area contributed by atoms with E-state index in [9.17, 15) is 4.79 Å². The molecule has 1 atom stereocenters. The molecule has 2 aromatic carbocycles. The van der Waals surface area contributed by atoms with E-state index in [1.165, 1.54) is 11.8 Å². The first-order valence-electron chi connectivity index (χ1n) is 8.46. The number of hydrogen-bond donors (Lipinski definition) is 0. The van der Waals surface area contributed by atoms with Crippen LogP contribution in [0, 0.1) is 6.92 Å². The zero-order valence-electron chi connectivity index (χ0n) is 15.3. The van der Waals surface area contributed by atoms with Gasteiger partial charge in [0, 0.05) is 10.0 Å². The lowest BCUT2D eigenvalue weighted by Gasteiger charge is -2.16. The zero-order chi connectivity index (χ0) is 19.4. The van der Waals surface area contributed by atoms with Crippen molar-refractivity contribution in [3.8, 4) is 5.75 Å². The molecule has 1 saturated heterocycles. The van der Waals surface area contributed by atoms with Crippen molar-refractivity contribution in [2.24, 2.45) is 10.2 Å². The van der Waals surface area contributed by atoms with Gasteiger partial charge < -0.3 is 4.74 Å². The number of aryl methyl sites for hydroxylation is 1. The lowest BCUT2D eigenvalue weighted by Crippen LogP contribution is -2.31. The fourth-order valence-electron chi connectivity index (χ4n) is 2.71. The molecule has 3 rings (SSSR count). The Labute approximate surface area is 171 Å². The van der Waals surface area contributed by atoms with Crippen molar-refractivity contribution in [1.29, 1.82) is 0 Å². The maximum absolute atomic E-state index is 12.6. The molecule has 0 aliphatic carbocycles. The predicted molar refractivity (Wildman–Crippen MR) is 115 cm³/mol. The molecule has 1 aliphatic rings. The van der Waals surface area contributed by atoms with E-state index in [2.05, 4.69) is 26.1 Å². The van der Waals surface area contributed by atoms with E-state index in [1.807, 2.05) is 56.3 Å². The fourth-order valence-corrected chi connectivity index (χ4v) is 4.01. The van der Waals surface area contributed by atoms with Gasteiger partial charge in [0.2, 0.25) is 5.91 Å². The maximum atomic E-state index is 12.6. The van der Waals surface area contributed by atoms with Crippen molar-refractivity contribution >= 4 is 45.0 Å². The Morgan fingerprint density at radius 2 is 2.07 bits per heavy atom. The monoisotopic (exact) mass is 445 g/mol. The van der Waals surface area contributed by atoms with Gasteiger partial charge in [-0.05, 0) is 43.2 Å². The van der Waals surface area contributed by atoms with Gasteiger partial charge in [0.1, 0.15) is 5.75 Å². The third-order valence-electron chi connectivity index (χ3n) is 4.25. The highest BCUT2D eigenvalue weighted by molar-refractivity contribution is 9.10. The van der Waals surface area contributed by atoms with Gasteiger partial charge in [-0.2, -0.15) is 5.10 Å². The molecule has 0 spiro atoms. The Morgan fingerprint density at radius 1 is 1.30 bits per heavy atom. The number of thioether (sulfide) groups is 1. The number of amides is 1. The second-order valence-corrected chi connectivity index (χ2v) is 8.35. The quantitative estimate of drug-likeness (QED) is 0.498. The van der Waals surface area contributed by atoms with Crippen LogP contribution in [0.1, 0.15) is 23.6 Å². The second kappa shape index (κ2) is 8.71. The largest absolute Gasteiger partial charge is 0.496 e. The minimum absolute atomic E-state index is 0.0530. The van der Waals surface area contributed by atoms with Gasteiger partial charge in [-0.1, -0.05) is 52.0 Å². The van der Waals surface area contributed by atoms with E-state index in [0.717, 1.165) is 21.2 Å².